The van der Waals surface area contributed by atoms with Crippen molar-refractivity contribution in [2.45, 2.75) is 4.21 Å². The normalized spacial score (nSPS) is 11.2. The molecule has 3 N–H and O–H groups in total. The molecule has 0 unspecified atom stereocenters. The molecular weight excluding hydrogens is 324 g/mol. The van der Waals surface area contributed by atoms with Crippen LogP contribution in [0.4, 0.5) is 5.69 Å². The molecule has 0 aliphatic carbocycles. The molecule has 1 aromatic heterocycles. The van der Waals surface area contributed by atoms with E-state index in [0.717, 1.165) is 11.3 Å². The lowest BCUT2D eigenvalue weighted by molar-refractivity contribution is 0.603. The average Bonchev–Trinajstić information content (AvgIpc) is 2.85. The molecule has 1 aromatic carbocycles. The molecule has 1 heterocycles. The molecule has 0 saturated carbocycles. The maximum absolute atomic E-state index is 12.0. The quantitative estimate of drug-likeness (QED) is 0.844. The molecule has 0 aliphatic rings. The number of thiocarbonyl (C=S) groups is 1. The molecule has 8 heteroatoms. The lowest BCUT2D eigenvalue weighted by Crippen LogP contribution is -2.13. The lowest BCUT2D eigenvalue weighted by atomic mass is 10.2. The number of benzene rings is 1. The van der Waals surface area contributed by atoms with E-state index >= 15 is 0 Å². The Kier molecular flexibility index (Phi) is 4.10. The van der Waals surface area contributed by atoms with E-state index in [4.69, 9.17) is 29.6 Å². The molecule has 19 heavy (non-hydrogen) atoms. The highest BCUT2D eigenvalue weighted by atomic mass is 35.5. The van der Waals surface area contributed by atoms with Crippen molar-refractivity contribution in [1.82, 2.24) is 0 Å². The lowest BCUT2D eigenvalue weighted by Gasteiger charge is -2.09. The maximum atomic E-state index is 12.0. The van der Waals surface area contributed by atoms with E-state index < -0.39 is 10.0 Å². The Morgan fingerprint density at radius 3 is 2.63 bits per heavy atom. The molecule has 2 rings (SSSR count). The number of hydrogen-bond acceptors (Lipinski definition) is 4. The summed E-state index contributed by atoms with van der Waals surface area (Å²) < 4.78 is 26.7. The summed E-state index contributed by atoms with van der Waals surface area (Å²) in [6.07, 6.45) is 0. The first-order valence-electron chi connectivity index (χ1n) is 5.06. The van der Waals surface area contributed by atoms with Gasteiger partial charge in [-0.2, -0.15) is 0 Å². The standard InChI is InChI=1S/C11H9ClN2O2S3/c12-8-6-7(11(13)17)3-4-9(8)14-19(15,16)10-2-1-5-18-10/h1-6,14H,(H2,13,17). The third-order valence-corrected chi connectivity index (χ3v) is 5.57. The van der Waals surface area contributed by atoms with Gasteiger partial charge < -0.3 is 5.73 Å². The molecule has 0 bridgehead atoms. The fourth-order valence-electron chi connectivity index (χ4n) is 1.36. The zero-order chi connectivity index (χ0) is 14.0. The molecular formula is C11H9ClN2O2S3. The summed E-state index contributed by atoms with van der Waals surface area (Å²) in [5.41, 5.74) is 6.34. The summed E-state index contributed by atoms with van der Waals surface area (Å²) in [6.45, 7) is 0. The molecule has 2 aromatic rings. The van der Waals surface area contributed by atoms with Gasteiger partial charge in [0, 0.05) is 5.56 Å². The van der Waals surface area contributed by atoms with E-state index in [1.807, 2.05) is 0 Å². The topological polar surface area (TPSA) is 72.2 Å². The molecule has 0 fully saturated rings. The van der Waals surface area contributed by atoms with Crippen LogP contribution >= 0.6 is 35.2 Å². The fourth-order valence-corrected chi connectivity index (χ4v) is 3.85. The first-order chi connectivity index (χ1) is 8.90. The van der Waals surface area contributed by atoms with Crippen molar-refractivity contribution in [3.8, 4) is 0 Å². The molecule has 0 saturated heterocycles. The van der Waals surface area contributed by atoms with Crippen molar-refractivity contribution >= 4 is 55.9 Å². The predicted molar refractivity (Wildman–Crippen MR) is 82.5 cm³/mol. The van der Waals surface area contributed by atoms with Crippen molar-refractivity contribution < 1.29 is 8.42 Å². The summed E-state index contributed by atoms with van der Waals surface area (Å²) in [7, 11) is -3.61. The SMILES string of the molecule is NC(=S)c1ccc(NS(=O)(=O)c2cccs2)c(Cl)c1. The van der Waals surface area contributed by atoms with Crippen LogP contribution in [0.2, 0.25) is 5.02 Å². The Hall–Kier alpha value is -1.15. The van der Waals surface area contributed by atoms with Crippen molar-refractivity contribution in [3.63, 3.8) is 0 Å². The van der Waals surface area contributed by atoms with Gasteiger partial charge in [0.05, 0.1) is 10.7 Å². The Bertz CT molecular complexity index is 712. The van der Waals surface area contributed by atoms with Crippen LogP contribution in [0.3, 0.4) is 0 Å². The third kappa shape index (κ3) is 3.24. The summed E-state index contributed by atoms with van der Waals surface area (Å²) >= 11 is 12.0. The van der Waals surface area contributed by atoms with Gasteiger partial charge in [-0.25, -0.2) is 8.42 Å². The van der Waals surface area contributed by atoms with Crippen molar-refractivity contribution in [2.75, 3.05) is 4.72 Å². The van der Waals surface area contributed by atoms with E-state index in [1.54, 1.807) is 17.5 Å². The highest BCUT2D eigenvalue weighted by molar-refractivity contribution is 7.94. The predicted octanol–water partition coefficient (Wildman–Crippen LogP) is 2.84. The minimum atomic E-state index is -3.61. The number of hydrogen-bond donors (Lipinski definition) is 2. The Morgan fingerprint density at radius 1 is 1.37 bits per heavy atom. The van der Waals surface area contributed by atoms with E-state index in [1.165, 1.54) is 18.2 Å². The maximum Gasteiger partial charge on any atom is 0.271 e. The Balaban J connectivity index is 2.32. The minimum absolute atomic E-state index is 0.203. The minimum Gasteiger partial charge on any atom is -0.389 e. The zero-order valence-corrected chi connectivity index (χ0v) is 12.7. The van der Waals surface area contributed by atoms with Gasteiger partial charge in [0.2, 0.25) is 0 Å². The van der Waals surface area contributed by atoms with E-state index in [0.29, 0.717) is 5.56 Å². The Labute approximate surface area is 125 Å². The van der Waals surface area contributed by atoms with Gasteiger partial charge >= 0.3 is 0 Å². The van der Waals surface area contributed by atoms with Gasteiger partial charge in [0.15, 0.2) is 0 Å². The van der Waals surface area contributed by atoms with E-state index in [2.05, 4.69) is 4.72 Å². The van der Waals surface area contributed by atoms with Crippen LogP contribution in [-0.2, 0) is 10.0 Å². The van der Waals surface area contributed by atoms with Crippen LogP contribution in [0.5, 0.6) is 0 Å². The van der Waals surface area contributed by atoms with Gasteiger partial charge in [0.25, 0.3) is 10.0 Å². The number of anilines is 1. The van der Waals surface area contributed by atoms with Gasteiger partial charge in [-0.15, -0.1) is 11.3 Å². The first kappa shape index (κ1) is 14.3. The summed E-state index contributed by atoms with van der Waals surface area (Å²) in [4.78, 5) is 0.203. The van der Waals surface area contributed by atoms with Gasteiger partial charge in [-0.1, -0.05) is 29.9 Å². The molecule has 0 amide bonds. The second-order valence-corrected chi connectivity index (χ2v) is 7.30. The van der Waals surface area contributed by atoms with Crippen LogP contribution in [0, 0.1) is 0 Å². The fraction of sp³-hybridized carbons (Fsp3) is 0. The number of nitrogens with one attached hydrogen (secondary N) is 1. The number of sulfonamides is 1. The summed E-state index contributed by atoms with van der Waals surface area (Å²) in [6, 6.07) is 7.85. The molecule has 0 atom stereocenters. The molecule has 100 valence electrons. The summed E-state index contributed by atoms with van der Waals surface area (Å²) in [5, 5.41) is 1.93. The second kappa shape index (κ2) is 5.46. The van der Waals surface area contributed by atoms with E-state index in [-0.39, 0.29) is 19.9 Å². The smallest absolute Gasteiger partial charge is 0.271 e. The van der Waals surface area contributed by atoms with Gasteiger partial charge in [0.1, 0.15) is 9.20 Å². The Morgan fingerprint density at radius 2 is 2.11 bits per heavy atom. The zero-order valence-electron chi connectivity index (χ0n) is 9.46. The largest absolute Gasteiger partial charge is 0.389 e. The van der Waals surface area contributed by atoms with Gasteiger partial charge in [-0.05, 0) is 29.6 Å². The molecule has 0 spiro atoms. The molecule has 0 aliphatic heterocycles. The first-order valence-corrected chi connectivity index (χ1v) is 8.21. The number of rotatable bonds is 4. The number of nitrogens with two attached hydrogens (primary N) is 1. The second-order valence-electron chi connectivity index (χ2n) is 3.60. The van der Waals surface area contributed by atoms with Crippen LogP contribution < -0.4 is 10.5 Å². The number of thiophene rings is 1. The van der Waals surface area contributed by atoms with Crippen LogP contribution in [0.15, 0.2) is 39.9 Å². The summed E-state index contributed by atoms with van der Waals surface area (Å²) in [5.74, 6) is 0. The number of halogens is 1. The third-order valence-electron chi connectivity index (χ3n) is 2.26. The van der Waals surface area contributed by atoms with Crippen molar-refractivity contribution in [1.29, 1.82) is 0 Å². The molecule has 0 radical (unpaired) electrons. The highest BCUT2D eigenvalue weighted by Crippen LogP contribution is 2.27. The van der Waals surface area contributed by atoms with Crippen molar-refractivity contribution in [3.05, 3.63) is 46.3 Å². The average molecular weight is 333 g/mol. The van der Waals surface area contributed by atoms with E-state index in [9.17, 15) is 8.42 Å². The monoisotopic (exact) mass is 332 g/mol. The van der Waals surface area contributed by atoms with Crippen LogP contribution in [0.25, 0.3) is 0 Å². The van der Waals surface area contributed by atoms with Gasteiger partial charge in [-0.3, -0.25) is 4.72 Å². The van der Waals surface area contributed by atoms with Crippen LogP contribution in [-0.4, -0.2) is 13.4 Å². The van der Waals surface area contributed by atoms with Crippen molar-refractivity contribution in [2.24, 2.45) is 5.73 Å². The molecule has 4 nitrogen and oxygen atoms in total. The van der Waals surface area contributed by atoms with Crippen LogP contribution in [0.1, 0.15) is 5.56 Å². The highest BCUT2D eigenvalue weighted by Gasteiger charge is 2.16.